The minimum absolute atomic E-state index is 0.0114. The largest absolute Gasteiger partial charge is 0.507 e. The minimum atomic E-state index is -3.20. The molecular formula is C26H41N5O6P2S. The van der Waals surface area contributed by atoms with E-state index in [1.807, 2.05) is 53.8 Å². The van der Waals surface area contributed by atoms with Gasteiger partial charge in [0.05, 0.1) is 24.2 Å². The van der Waals surface area contributed by atoms with Gasteiger partial charge < -0.3 is 14.6 Å². The molecule has 0 radical (unpaired) electrons. The van der Waals surface area contributed by atoms with Crippen molar-refractivity contribution in [2.45, 2.75) is 38.5 Å². The topological polar surface area (TPSA) is 116 Å². The summed E-state index contributed by atoms with van der Waals surface area (Å²) in [6.45, 7) is 6.68. The number of rotatable bonds is 12. The Balaban J connectivity index is 1.45. The van der Waals surface area contributed by atoms with Crippen LogP contribution < -0.4 is 9.47 Å². The summed E-state index contributed by atoms with van der Waals surface area (Å²) in [7, 11) is 0.940. The lowest BCUT2D eigenvalue weighted by Crippen LogP contribution is -2.26. The highest BCUT2D eigenvalue weighted by atomic mass is 32.1. The molecule has 40 heavy (non-hydrogen) atoms. The van der Waals surface area contributed by atoms with E-state index in [2.05, 4.69) is 0 Å². The van der Waals surface area contributed by atoms with Crippen LogP contribution in [-0.4, -0.2) is 102 Å². The predicted molar refractivity (Wildman–Crippen MR) is 158 cm³/mol. The fourth-order valence-electron chi connectivity index (χ4n) is 5.31. The number of phenols is 1. The zero-order valence-electron chi connectivity index (χ0n) is 24.2. The fourth-order valence-corrected chi connectivity index (χ4v) is 15.5. The number of phenolic OH excluding ortho intramolecular Hbond substituents is 1. The Kier molecular flexibility index (Phi) is 9.83. The van der Waals surface area contributed by atoms with E-state index in [1.165, 1.54) is 18.3 Å². The van der Waals surface area contributed by atoms with Crippen molar-refractivity contribution in [1.82, 2.24) is 23.7 Å². The molecule has 1 aromatic heterocycles. The summed E-state index contributed by atoms with van der Waals surface area (Å²) in [5.74, 6) is 0.773. The molecule has 1 aromatic carbocycles. The van der Waals surface area contributed by atoms with Gasteiger partial charge in [0.25, 0.3) is 0 Å². The molecule has 2 aromatic rings. The number of thiazole rings is 1. The van der Waals surface area contributed by atoms with Crippen molar-refractivity contribution in [3.05, 3.63) is 33.6 Å². The number of ether oxygens (including phenoxy) is 2. The summed E-state index contributed by atoms with van der Waals surface area (Å²) >= 11 is 1.34. The molecule has 2 fully saturated rings. The third kappa shape index (κ3) is 5.64. The van der Waals surface area contributed by atoms with E-state index in [0.29, 0.717) is 80.0 Å². The second-order valence-electron chi connectivity index (χ2n) is 10.4. The molecule has 2 aliphatic heterocycles. The van der Waals surface area contributed by atoms with Crippen molar-refractivity contribution in [3.8, 4) is 17.4 Å². The van der Waals surface area contributed by atoms with Crippen molar-refractivity contribution >= 4 is 32.0 Å². The molecule has 11 nitrogen and oxygen atoms in total. The van der Waals surface area contributed by atoms with E-state index in [0.717, 1.165) is 6.42 Å². The minimum Gasteiger partial charge on any atom is -0.507 e. The number of carbonyl (C=O) groups is 1. The van der Waals surface area contributed by atoms with Crippen LogP contribution in [0.5, 0.6) is 17.4 Å². The zero-order chi connectivity index (χ0) is 29.2. The Labute approximate surface area is 241 Å². The number of carbonyl (C=O) groups excluding carboxylic acids is 1. The first-order valence-corrected chi connectivity index (χ1v) is 17.8. The van der Waals surface area contributed by atoms with Crippen LogP contribution in [0.2, 0.25) is 0 Å². The molecule has 2 saturated heterocycles. The van der Waals surface area contributed by atoms with Gasteiger partial charge in [0.15, 0.2) is 11.2 Å². The molecule has 0 bridgehead atoms. The van der Waals surface area contributed by atoms with Gasteiger partial charge in [0.1, 0.15) is 16.5 Å². The van der Waals surface area contributed by atoms with Crippen molar-refractivity contribution in [3.63, 3.8) is 0 Å². The SMILES string of the molecule is CCCc1c(OCCCOc2csc(C(P3(=O)N(C)CCN3C)P3(=O)N(C)CCN3C)n2)ccc(C(C)=O)c1O. The molecule has 14 heteroatoms. The molecule has 0 unspecified atom stereocenters. The molecule has 0 spiro atoms. The molecule has 4 rings (SSSR count). The van der Waals surface area contributed by atoms with Gasteiger partial charge in [0, 0.05) is 38.2 Å². The summed E-state index contributed by atoms with van der Waals surface area (Å²) in [6.07, 6.45) is 1.97. The van der Waals surface area contributed by atoms with Crippen LogP contribution in [0.25, 0.3) is 0 Å². The number of nitrogens with zero attached hydrogens (tertiary/aromatic N) is 5. The van der Waals surface area contributed by atoms with Gasteiger partial charge in [-0.3, -0.25) is 13.9 Å². The van der Waals surface area contributed by atoms with Crippen LogP contribution in [0.15, 0.2) is 17.5 Å². The lowest BCUT2D eigenvalue weighted by atomic mass is 10.0. The first-order valence-electron chi connectivity index (χ1n) is 13.6. The van der Waals surface area contributed by atoms with Crippen LogP contribution in [-0.2, 0) is 15.6 Å². The fraction of sp³-hybridized carbons (Fsp3) is 0.615. The van der Waals surface area contributed by atoms with E-state index >= 15 is 0 Å². The Morgan fingerprint density at radius 2 is 1.55 bits per heavy atom. The summed E-state index contributed by atoms with van der Waals surface area (Å²) in [5.41, 5.74) is 0.936. The number of aromatic nitrogens is 1. The van der Waals surface area contributed by atoms with E-state index in [1.54, 1.807) is 17.5 Å². The molecule has 0 aliphatic carbocycles. The number of likely N-dealkylation sites (N-methyl/N-ethyl adjacent to an activating group) is 4. The second-order valence-corrected chi connectivity index (χ2v) is 17.8. The average molecular weight is 614 g/mol. The van der Waals surface area contributed by atoms with E-state index in [9.17, 15) is 19.0 Å². The number of benzene rings is 1. The van der Waals surface area contributed by atoms with Gasteiger partial charge in [-0.25, -0.2) is 23.7 Å². The third-order valence-corrected chi connectivity index (χ3v) is 17.2. The van der Waals surface area contributed by atoms with Crippen LogP contribution in [0.4, 0.5) is 0 Å². The summed E-state index contributed by atoms with van der Waals surface area (Å²) in [6, 6.07) is 3.32. The Morgan fingerprint density at radius 3 is 2.08 bits per heavy atom. The quantitative estimate of drug-likeness (QED) is 0.198. The smallest absolute Gasteiger partial charge is 0.235 e. The maximum absolute atomic E-state index is 14.6. The van der Waals surface area contributed by atoms with E-state index in [4.69, 9.17) is 14.5 Å². The average Bonchev–Trinajstić information content (AvgIpc) is 3.55. The van der Waals surface area contributed by atoms with Crippen LogP contribution in [0, 0.1) is 0 Å². The van der Waals surface area contributed by atoms with Crippen molar-refractivity contribution in [1.29, 1.82) is 0 Å². The maximum Gasteiger partial charge on any atom is 0.235 e. The third-order valence-electron chi connectivity index (χ3n) is 7.73. The highest BCUT2D eigenvalue weighted by Crippen LogP contribution is 2.82. The summed E-state index contributed by atoms with van der Waals surface area (Å²) < 4.78 is 48.4. The highest BCUT2D eigenvalue weighted by Gasteiger charge is 2.60. The lowest BCUT2D eigenvalue weighted by molar-refractivity contribution is 0.101. The van der Waals surface area contributed by atoms with Gasteiger partial charge in [-0.1, -0.05) is 13.3 Å². The molecule has 0 saturated carbocycles. The second kappa shape index (κ2) is 12.6. The molecular weight excluding hydrogens is 572 g/mol. The lowest BCUT2D eigenvalue weighted by Gasteiger charge is -2.39. The van der Waals surface area contributed by atoms with Crippen LogP contribution >= 0.6 is 26.2 Å². The number of ketones is 1. The summed E-state index contributed by atoms with van der Waals surface area (Å²) in [5, 5.41) is 12.1. The standard InChI is InChI=1S/C26H41N5O6P2S/c1-7-9-21-22(11-10-20(19(2)32)24(21)33)36-16-8-17-37-23-18-40-25(27-23)26(38(34)28(3)12-13-29(38)4)39(35)30(5)14-15-31(39)6/h10-11,18,26,33H,7-9,12-17H2,1-6H3. The van der Waals surface area contributed by atoms with Crippen molar-refractivity contribution in [2.24, 2.45) is 0 Å². The normalized spacial score (nSPS) is 20.0. The molecule has 2 aliphatic rings. The van der Waals surface area contributed by atoms with Crippen molar-refractivity contribution in [2.75, 3.05) is 67.6 Å². The first kappa shape index (κ1) is 31.2. The first-order chi connectivity index (χ1) is 19.0. The Hall–Kier alpha value is -1.78. The Morgan fingerprint density at radius 1 is 1.00 bits per heavy atom. The highest BCUT2D eigenvalue weighted by molar-refractivity contribution is 7.77. The van der Waals surface area contributed by atoms with Gasteiger partial charge in [0.2, 0.25) is 20.8 Å². The number of Topliss-reactive ketones (excluding diaryl/α,β-unsaturated/α-hetero) is 1. The van der Waals surface area contributed by atoms with Crippen LogP contribution in [0.1, 0.15) is 53.0 Å². The van der Waals surface area contributed by atoms with E-state index < -0.39 is 20.3 Å². The Bertz CT molecular complexity index is 1260. The predicted octanol–water partition coefficient (Wildman–Crippen LogP) is 4.99. The van der Waals surface area contributed by atoms with Gasteiger partial charge in [-0.15, -0.1) is 11.3 Å². The van der Waals surface area contributed by atoms with Gasteiger partial charge >= 0.3 is 0 Å². The van der Waals surface area contributed by atoms with Gasteiger partial charge in [-0.2, -0.15) is 0 Å². The summed E-state index contributed by atoms with van der Waals surface area (Å²) in [4.78, 5) is 16.5. The monoisotopic (exact) mass is 613 g/mol. The number of hydrogen-bond donors (Lipinski definition) is 1. The molecule has 222 valence electrons. The molecule has 0 atom stereocenters. The van der Waals surface area contributed by atoms with Crippen molar-refractivity contribution < 1.29 is 28.5 Å². The van der Waals surface area contributed by atoms with E-state index in [-0.39, 0.29) is 11.5 Å². The molecule has 3 heterocycles. The van der Waals surface area contributed by atoms with Gasteiger partial charge in [-0.05, 0) is 53.7 Å². The van der Waals surface area contributed by atoms with Crippen LogP contribution in [0.3, 0.4) is 0 Å². The zero-order valence-corrected chi connectivity index (χ0v) is 26.8. The maximum atomic E-state index is 14.6. The molecule has 1 N–H and O–H groups in total. The number of aromatic hydroxyl groups is 1. The number of hydrogen-bond acceptors (Lipinski definition) is 8. The molecule has 0 amide bonds.